The van der Waals surface area contributed by atoms with Crippen molar-refractivity contribution in [3.63, 3.8) is 0 Å². The van der Waals surface area contributed by atoms with Gasteiger partial charge in [0.25, 0.3) is 0 Å². The zero-order valence-corrected chi connectivity index (χ0v) is 10.3. The second kappa shape index (κ2) is 4.64. The summed E-state index contributed by atoms with van der Waals surface area (Å²) in [6, 6.07) is 0. The number of aromatic nitrogens is 3. The fourth-order valence-electron chi connectivity index (χ4n) is 2.73. The number of nitrogen functional groups attached to an aromatic ring is 1. The van der Waals surface area contributed by atoms with Crippen molar-refractivity contribution in [3.05, 3.63) is 5.69 Å². The Kier molecular flexibility index (Phi) is 3.01. The number of likely N-dealkylation sites (tertiary alicyclic amines) is 1. The SMILES string of the molecule is Nc1nnn(CCCN2CCCC2)c1C1CC1. The van der Waals surface area contributed by atoms with E-state index in [0.717, 1.165) is 13.0 Å². The van der Waals surface area contributed by atoms with Crippen molar-refractivity contribution >= 4 is 5.82 Å². The standard InChI is InChI=1S/C12H21N5/c13-12-11(10-4-5-10)17(15-14-12)9-3-8-16-6-1-2-7-16/h10H,1-9,13H2. The van der Waals surface area contributed by atoms with Crippen LogP contribution in [0, 0.1) is 0 Å². The van der Waals surface area contributed by atoms with E-state index in [1.165, 1.54) is 51.0 Å². The zero-order valence-electron chi connectivity index (χ0n) is 10.3. The number of hydrogen-bond acceptors (Lipinski definition) is 4. The molecule has 1 saturated carbocycles. The lowest BCUT2D eigenvalue weighted by Gasteiger charge is -2.14. The summed E-state index contributed by atoms with van der Waals surface area (Å²) < 4.78 is 2.03. The first-order valence-corrected chi connectivity index (χ1v) is 6.76. The summed E-state index contributed by atoms with van der Waals surface area (Å²) in [5.74, 6) is 1.28. The number of nitrogens with zero attached hydrogens (tertiary/aromatic N) is 4. The second-order valence-electron chi connectivity index (χ2n) is 5.26. The van der Waals surface area contributed by atoms with E-state index in [0.29, 0.717) is 11.7 Å². The molecule has 1 aromatic heterocycles. The van der Waals surface area contributed by atoms with Crippen LogP contribution in [0.5, 0.6) is 0 Å². The van der Waals surface area contributed by atoms with E-state index in [-0.39, 0.29) is 0 Å². The Bertz CT molecular complexity index is 376. The average molecular weight is 235 g/mol. The van der Waals surface area contributed by atoms with E-state index in [4.69, 9.17) is 5.73 Å². The van der Waals surface area contributed by atoms with Gasteiger partial charge in [-0.15, -0.1) is 5.10 Å². The van der Waals surface area contributed by atoms with E-state index in [2.05, 4.69) is 15.2 Å². The number of anilines is 1. The van der Waals surface area contributed by atoms with Gasteiger partial charge >= 0.3 is 0 Å². The molecule has 2 aliphatic rings. The van der Waals surface area contributed by atoms with E-state index in [9.17, 15) is 0 Å². The van der Waals surface area contributed by atoms with Crippen LogP contribution in [-0.2, 0) is 6.54 Å². The van der Waals surface area contributed by atoms with Crippen LogP contribution in [0.4, 0.5) is 5.82 Å². The molecule has 0 amide bonds. The maximum Gasteiger partial charge on any atom is 0.169 e. The minimum atomic E-state index is 0.636. The summed E-state index contributed by atoms with van der Waals surface area (Å²) in [6.45, 7) is 4.69. The molecule has 5 heteroatoms. The van der Waals surface area contributed by atoms with Gasteiger partial charge in [0.15, 0.2) is 5.82 Å². The van der Waals surface area contributed by atoms with Crippen molar-refractivity contribution < 1.29 is 0 Å². The van der Waals surface area contributed by atoms with E-state index in [1.54, 1.807) is 0 Å². The Hall–Kier alpha value is -1.10. The molecule has 1 aliphatic heterocycles. The normalized spacial score (nSPS) is 21.2. The summed E-state index contributed by atoms with van der Waals surface area (Å²) in [4.78, 5) is 2.54. The highest BCUT2D eigenvalue weighted by Gasteiger charge is 2.30. The first kappa shape index (κ1) is 11.0. The third-order valence-electron chi connectivity index (χ3n) is 3.81. The van der Waals surface area contributed by atoms with Crippen LogP contribution in [0.1, 0.15) is 43.7 Å². The topological polar surface area (TPSA) is 60.0 Å². The summed E-state index contributed by atoms with van der Waals surface area (Å²) in [5.41, 5.74) is 7.06. The molecule has 2 fully saturated rings. The van der Waals surface area contributed by atoms with Gasteiger partial charge in [0.1, 0.15) is 0 Å². The molecule has 1 saturated heterocycles. The smallest absolute Gasteiger partial charge is 0.169 e. The Morgan fingerprint density at radius 2 is 1.94 bits per heavy atom. The van der Waals surface area contributed by atoms with Crippen LogP contribution in [0.3, 0.4) is 0 Å². The highest BCUT2D eigenvalue weighted by atomic mass is 15.4. The molecule has 0 spiro atoms. The fraction of sp³-hybridized carbons (Fsp3) is 0.833. The molecule has 1 aliphatic carbocycles. The lowest BCUT2D eigenvalue weighted by atomic mass is 10.3. The molecule has 0 unspecified atom stereocenters. The average Bonchev–Trinajstić information content (AvgIpc) is 2.88. The molecule has 0 atom stereocenters. The van der Waals surface area contributed by atoms with Crippen LogP contribution >= 0.6 is 0 Å². The number of aryl methyl sites for hydroxylation is 1. The van der Waals surface area contributed by atoms with Crippen LogP contribution in [0.15, 0.2) is 0 Å². The van der Waals surface area contributed by atoms with Crippen molar-refractivity contribution in [2.24, 2.45) is 0 Å². The Morgan fingerprint density at radius 3 is 2.65 bits per heavy atom. The molecule has 0 aromatic carbocycles. The lowest BCUT2D eigenvalue weighted by molar-refractivity contribution is 0.320. The highest BCUT2D eigenvalue weighted by molar-refractivity contribution is 5.38. The molecule has 2 heterocycles. The molecular formula is C12H21N5. The fourth-order valence-corrected chi connectivity index (χ4v) is 2.73. The largest absolute Gasteiger partial charge is 0.381 e. The minimum Gasteiger partial charge on any atom is -0.381 e. The van der Waals surface area contributed by atoms with Crippen molar-refractivity contribution in [1.29, 1.82) is 0 Å². The van der Waals surface area contributed by atoms with Gasteiger partial charge in [0.05, 0.1) is 5.69 Å². The van der Waals surface area contributed by atoms with Gasteiger partial charge in [0, 0.05) is 12.5 Å². The monoisotopic (exact) mass is 235 g/mol. The van der Waals surface area contributed by atoms with Crippen LogP contribution in [0.25, 0.3) is 0 Å². The summed E-state index contributed by atoms with van der Waals surface area (Å²) >= 11 is 0. The van der Waals surface area contributed by atoms with Crippen molar-refractivity contribution in [2.45, 2.75) is 44.6 Å². The third kappa shape index (κ3) is 2.44. The third-order valence-corrected chi connectivity index (χ3v) is 3.81. The van der Waals surface area contributed by atoms with Gasteiger partial charge in [-0.05, 0) is 51.7 Å². The second-order valence-corrected chi connectivity index (χ2v) is 5.26. The Morgan fingerprint density at radius 1 is 1.18 bits per heavy atom. The molecule has 94 valence electrons. The molecule has 1 aromatic rings. The van der Waals surface area contributed by atoms with E-state index in [1.807, 2.05) is 4.68 Å². The maximum atomic E-state index is 5.87. The summed E-state index contributed by atoms with van der Waals surface area (Å²) in [7, 11) is 0. The van der Waals surface area contributed by atoms with Gasteiger partial charge < -0.3 is 10.6 Å². The molecule has 5 nitrogen and oxygen atoms in total. The van der Waals surface area contributed by atoms with Gasteiger partial charge in [-0.3, -0.25) is 0 Å². The Balaban J connectivity index is 1.53. The molecule has 2 N–H and O–H groups in total. The zero-order chi connectivity index (χ0) is 11.7. The van der Waals surface area contributed by atoms with E-state index >= 15 is 0 Å². The van der Waals surface area contributed by atoms with Crippen LogP contribution < -0.4 is 5.73 Å². The van der Waals surface area contributed by atoms with Gasteiger partial charge in [-0.1, -0.05) is 5.21 Å². The minimum absolute atomic E-state index is 0.636. The maximum absolute atomic E-state index is 5.87. The van der Waals surface area contributed by atoms with Crippen molar-refractivity contribution in [3.8, 4) is 0 Å². The quantitative estimate of drug-likeness (QED) is 0.833. The first-order chi connectivity index (χ1) is 8.34. The predicted molar refractivity (Wildman–Crippen MR) is 66.7 cm³/mol. The van der Waals surface area contributed by atoms with Crippen molar-refractivity contribution in [2.75, 3.05) is 25.4 Å². The van der Waals surface area contributed by atoms with Gasteiger partial charge in [-0.25, -0.2) is 4.68 Å². The first-order valence-electron chi connectivity index (χ1n) is 6.76. The predicted octanol–water partition coefficient (Wildman–Crippen LogP) is 1.22. The number of hydrogen-bond donors (Lipinski definition) is 1. The molecule has 0 bridgehead atoms. The summed E-state index contributed by atoms with van der Waals surface area (Å²) in [6.07, 6.45) is 6.39. The summed E-state index contributed by atoms with van der Waals surface area (Å²) in [5, 5.41) is 8.17. The van der Waals surface area contributed by atoms with Crippen LogP contribution in [-0.4, -0.2) is 39.5 Å². The van der Waals surface area contributed by atoms with E-state index < -0.39 is 0 Å². The van der Waals surface area contributed by atoms with Gasteiger partial charge in [0.2, 0.25) is 0 Å². The number of rotatable bonds is 5. The molecule has 0 radical (unpaired) electrons. The lowest BCUT2D eigenvalue weighted by Crippen LogP contribution is -2.22. The Labute approximate surface area is 102 Å². The van der Waals surface area contributed by atoms with Gasteiger partial charge in [-0.2, -0.15) is 0 Å². The van der Waals surface area contributed by atoms with Crippen LogP contribution in [0.2, 0.25) is 0 Å². The molecular weight excluding hydrogens is 214 g/mol. The highest BCUT2D eigenvalue weighted by Crippen LogP contribution is 2.41. The van der Waals surface area contributed by atoms with Crippen molar-refractivity contribution in [1.82, 2.24) is 19.9 Å². The molecule has 17 heavy (non-hydrogen) atoms. The number of nitrogens with two attached hydrogens (primary N) is 1. The molecule has 3 rings (SSSR count).